The van der Waals surface area contributed by atoms with Crippen LogP contribution in [0.2, 0.25) is 0 Å². The molecule has 0 saturated carbocycles. The molecule has 0 radical (unpaired) electrons. The molecular formula is C11H15N3O3S. The van der Waals surface area contributed by atoms with Gasteiger partial charge in [0.2, 0.25) is 15.9 Å². The quantitative estimate of drug-likeness (QED) is 0.823. The van der Waals surface area contributed by atoms with Crippen LogP contribution in [0.3, 0.4) is 0 Å². The third-order valence-electron chi connectivity index (χ3n) is 2.90. The lowest BCUT2D eigenvalue weighted by Crippen LogP contribution is -2.31. The molecule has 3 N–H and O–H groups in total. The zero-order chi connectivity index (χ0) is 13.3. The first-order chi connectivity index (χ1) is 8.37. The van der Waals surface area contributed by atoms with Crippen LogP contribution < -0.4 is 15.4 Å². The number of rotatable bonds is 3. The van der Waals surface area contributed by atoms with E-state index in [1.807, 2.05) is 6.07 Å². The third-order valence-corrected chi connectivity index (χ3v) is 3.45. The Bertz CT molecular complexity index is 583. The molecule has 0 unspecified atom stereocenters. The second-order valence-corrected chi connectivity index (χ2v) is 5.89. The summed E-state index contributed by atoms with van der Waals surface area (Å²) in [5.74, 6) is -0.214. The normalized spacial score (nSPS) is 15.4. The molecule has 0 saturated heterocycles. The Labute approximate surface area is 106 Å². The van der Waals surface area contributed by atoms with Gasteiger partial charge < -0.3 is 10.2 Å². The van der Waals surface area contributed by atoms with Crippen LogP contribution in [-0.2, 0) is 21.2 Å². The predicted molar refractivity (Wildman–Crippen MR) is 69.8 cm³/mol. The molecule has 7 heteroatoms. The molecule has 0 fully saturated rings. The van der Waals surface area contributed by atoms with Gasteiger partial charge in [0, 0.05) is 24.8 Å². The highest BCUT2D eigenvalue weighted by molar-refractivity contribution is 7.89. The Morgan fingerprint density at radius 1 is 1.39 bits per heavy atom. The number of hydrogen-bond acceptors (Lipinski definition) is 4. The summed E-state index contributed by atoms with van der Waals surface area (Å²) < 4.78 is 21.7. The zero-order valence-corrected chi connectivity index (χ0v) is 10.8. The van der Waals surface area contributed by atoms with E-state index in [-0.39, 0.29) is 11.8 Å². The summed E-state index contributed by atoms with van der Waals surface area (Å²) in [4.78, 5) is 13.1. The van der Waals surface area contributed by atoms with E-state index < -0.39 is 10.0 Å². The number of nitrogens with one attached hydrogen (secondary N) is 1. The Morgan fingerprint density at radius 2 is 2.11 bits per heavy atom. The van der Waals surface area contributed by atoms with Crippen molar-refractivity contribution in [2.45, 2.75) is 12.8 Å². The maximum Gasteiger partial charge on any atom is 0.227 e. The average molecular weight is 269 g/mol. The van der Waals surface area contributed by atoms with E-state index in [2.05, 4.69) is 5.32 Å². The lowest BCUT2D eigenvalue weighted by molar-refractivity contribution is -0.118. The van der Waals surface area contributed by atoms with E-state index in [0.29, 0.717) is 18.5 Å². The number of nitrogens with two attached hydrogens (primary N) is 1. The molecule has 18 heavy (non-hydrogen) atoms. The van der Waals surface area contributed by atoms with Gasteiger partial charge in [-0.15, -0.1) is 0 Å². The number of primary sulfonamides is 1. The Kier molecular flexibility index (Phi) is 3.27. The highest BCUT2D eigenvalue weighted by atomic mass is 32.2. The standard InChI is InChI=1S/C11H15N3O3S/c1-14-10-4-3-9(13-7-18(12,16)17)6-8(10)2-5-11(14)15/h3-4,6,13H,2,5,7H2,1H3,(H2,12,16,17). The predicted octanol–water partition coefficient (Wildman–Crippen LogP) is 0.254. The van der Waals surface area contributed by atoms with Crippen LogP contribution >= 0.6 is 0 Å². The van der Waals surface area contributed by atoms with Crippen molar-refractivity contribution in [1.82, 2.24) is 0 Å². The SMILES string of the molecule is CN1C(=O)CCc2cc(NCS(N)(=O)=O)ccc21. The number of hydrogen-bond donors (Lipinski definition) is 2. The van der Waals surface area contributed by atoms with E-state index >= 15 is 0 Å². The van der Waals surface area contributed by atoms with Crippen LogP contribution in [0.4, 0.5) is 11.4 Å². The highest BCUT2D eigenvalue weighted by Gasteiger charge is 2.20. The minimum Gasteiger partial charge on any atom is -0.370 e. The van der Waals surface area contributed by atoms with Gasteiger partial charge in [0.1, 0.15) is 5.88 Å². The second kappa shape index (κ2) is 4.58. The molecule has 0 atom stereocenters. The van der Waals surface area contributed by atoms with E-state index in [4.69, 9.17) is 5.14 Å². The first-order valence-corrected chi connectivity index (χ1v) is 7.22. The topological polar surface area (TPSA) is 92.5 Å². The van der Waals surface area contributed by atoms with Gasteiger partial charge in [-0.3, -0.25) is 4.79 Å². The highest BCUT2D eigenvalue weighted by Crippen LogP contribution is 2.29. The van der Waals surface area contributed by atoms with Crippen molar-refractivity contribution in [3.8, 4) is 0 Å². The van der Waals surface area contributed by atoms with Gasteiger partial charge in [-0.2, -0.15) is 0 Å². The number of carbonyl (C=O) groups is 1. The summed E-state index contributed by atoms with van der Waals surface area (Å²) in [6.45, 7) is 0. The number of anilines is 2. The minimum absolute atomic E-state index is 0.0905. The van der Waals surface area contributed by atoms with Crippen LogP contribution in [0.25, 0.3) is 0 Å². The molecule has 6 nitrogen and oxygen atoms in total. The third kappa shape index (κ3) is 2.80. The molecule has 0 aliphatic carbocycles. The van der Waals surface area contributed by atoms with Gasteiger partial charge in [-0.25, -0.2) is 13.6 Å². The molecule has 1 aliphatic rings. The first kappa shape index (κ1) is 12.8. The van der Waals surface area contributed by atoms with Crippen molar-refractivity contribution >= 4 is 27.3 Å². The summed E-state index contributed by atoms with van der Waals surface area (Å²) in [6, 6.07) is 5.39. The van der Waals surface area contributed by atoms with Crippen LogP contribution in [0, 0.1) is 0 Å². The molecule has 1 aromatic rings. The number of aryl methyl sites for hydroxylation is 1. The number of carbonyl (C=O) groups excluding carboxylic acids is 1. The number of benzene rings is 1. The Hall–Kier alpha value is -1.60. The molecule has 0 aromatic heterocycles. The van der Waals surface area contributed by atoms with Crippen molar-refractivity contribution in [2.24, 2.45) is 5.14 Å². The monoisotopic (exact) mass is 269 g/mol. The van der Waals surface area contributed by atoms with E-state index in [9.17, 15) is 13.2 Å². The van der Waals surface area contributed by atoms with Crippen molar-refractivity contribution in [3.05, 3.63) is 23.8 Å². The molecule has 1 amide bonds. The van der Waals surface area contributed by atoms with Gasteiger partial charge in [-0.1, -0.05) is 0 Å². The second-order valence-electron chi connectivity index (χ2n) is 4.28. The Balaban J connectivity index is 2.20. The van der Waals surface area contributed by atoms with Crippen molar-refractivity contribution in [2.75, 3.05) is 23.1 Å². The minimum atomic E-state index is -3.54. The van der Waals surface area contributed by atoms with E-state index in [0.717, 1.165) is 11.3 Å². The van der Waals surface area contributed by atoms with Gasteiger partial charge in [-0.05, 0) is 30.2 Å². The smallest absolute Gasteiger partial charge is 0.227 e. The van der Waals surface area contributed by atoms with Gasteiger partial charge in [0.15, 0.2) is 0 Å². The summed E-state index contributed by atoms with van der Waals surface area (Å²) in [5.41, 5.74) is 2.58. The first-order valence-electron chi connectivity index (χ1n) is 5.50. The molecule has 0 bridgehead atoms. The van der Waals surface area contributed by atoms with Crippen LogP contribution in [0.15, 0.2) is 18.2 Å². The van der Waals surface area contributed by atoms with Crippen molar-refractivity contribution in [1.29, 1.82) is 0 Å². The number of fused-ring (bicyclic) bond motifs is 1. The van der Waals surface area contributed by atoms with Gasteiger partial charge >= 0.3 is 0 Å². The van der Waals surface area contributed by atoms with Crippen LogP contribution in [0.1, 0.15) is 12.0 Å². The van der Waals surface area contributed by atoms with Crippen molar-refractivity contribution < 1.29 is 13.2 Å². The molecular weight excluding hydrogens is 254 g/mol. The Morgan fingerprint density at radius 3 is 2.78 bits per heavy atom. The zero-order valence-electron chi connectivity index (χ0n) is 10.0. The number of amides is 1. The van der Waals surface area contributed by atoms with Gasteiger partial charge in [0.05, 0.1) is 0 Å². The fraction of sp³-hybridized carbons (Fsp3) is 0.364. The molecule has 1 aliphatic heterocycles. The average Bonchev–Trinajstić information content (AvgIpc) is 2.30. The fourth-order valence-electron chi connectivity index (χ4n) is 1.95. The maximum absolute atomic E-state index is 11.5. The number of nitrogens with zero attached hydrogens (tertiary/aromatic N) is 1. The molecule has 2 rings (SSSR count). The molecule has 98 valence electrons. The lowest BCUT2D eigenvalue weighted by Gasteiger charge is -2.26. The molecule has 1 aromatic carbocycles. The summed E-state index contributed by atoms with van der Waals surface area (Å²) >= 11 is 0. The van der Waals surface area contributed by atoms with Crippen LogP contribution in [0.5, 0.6) is 0 Å². The maximum atomic E-state index is 11.5. The van der Waals surface area contributed by atoms with Gasteiger partial charge in [0.25, 0.3) is 0 Å². The molecule has 1 heterocycles. The summed E-state index contributed by atoms with van der Waals surface area (Å²) in [7, 11) is -1.80. The van der Waals surface area contributed by atoms with E-state index in [1.165, 1.54) is 0 Å². The largest absolute Gasteiger partial charge is 0.370 e. The molecule has 0 spiro atoms. The van der Waals surface area contributed by atoms with E-state index in [1.54, 1.807) is 24.1 Å². The van der Waals surface area contributed by atoms with Crippen molar-refractivity contribution in [3.63, 3.8) is 0 Å². The fourth-order valence-corrected chi connectivity index (χ4v) is 2.32. The summed E-state index contributed by atoms with van der Waals surface area (Å²) in [6.07, 6.45) is 1.14. The van der Waals surface area contributed by atoms with Crippen LogP contribution in [-0.4, -0.2) is 27.2 Å². The lowest BCUT2D eigenvalue weighted by atomic mass is 10.0. The number of sulfonamides is 1. The summed E-state index contributed by atoms with van der Waals surface area (Å²) in [5, 5.41) is 7.66.